The van der Waals surface area contributed by atoms with Crippen molar-refractivity contribution < 1.29 is 9.21 Å². The van der Waals surface area contributed by atoms with E-state index >= 15 is 0 Å². The zero-order chi connectivity index (χ0) is 21.4. The van der Waals surface area contributed by atoms with Crippen LogP contribution < -0.4 is 11.1 Å². The zero-order valence-electron chi connectivity index (χ0n) is 16.5. The van der Waals surface area contributed by atoms with Gasteiger partial charge in [-0.15, -0.1) is 0 Å². The number of halogens is 1. The summed E-state index contributed by atoms with van der Waals surface area (Å²) in [5.41, 5.74) is 9.33. The first kappa shape index (κ1) is 19.5. The summed E-state index contributed by atoms with van der Waals surface area (Å²) in [6.45, 7) is 0. The van der Waals surface area contributed by atoms with Crippen LogP contribution in [0.1, 0.15) is 27.8 Å². The van der Waals surface area contributed by atoms with Gasteiger partial charge in [0, 0.05) is 15.4 Å². The molecule has 1 unspecified atom stereocenters. The average Bonchev–Trinajstić information content (AvgIpc) is 3.17. The smallest absolute Gasteiger partial charge is 0.230 e. The Labute approximate surface area is 187 Å². The minimum atomic E-state index is -0.524. The molecule has 31 heavy (non-hydrogen) atoms. The third-order valence-corrected chi connectivity index (χ3v) is 5.90. The van der Waals surface area contributed by atoms with E-state index < -0.39 is 6.17 Å². The summed E-state index contributed by atoms with van der Waals surface area (Å²) < 4.78 is 6.90. The van der Waals surface area contributed by atoms with E-state index in [1.165, 1.54) is 0 Å². The lowest BCUT2D eigenvalue weighted by molar-refractivity contribution is 0.101. The molecule has 4 nitrogen and oxygen atoms in total. The number of furan rings is 1. The SMILES string of the molecule is NC(Nc1c(C(=O)c2ccc(Br)cc2)oc2ccccc12)c1cccc2ccccc12. The van der Waals surface area contributed by atoms with E-state index in [4.69, 9.17) is 10.2 Å². The van der Waals surface area contributed by atoms with Crippen LogP contribution >= 0.6 is 15.9 Å². The second-order valence-corrected chi connectivity index (χ2v) is 8.24. The van der Waals surface area contributed by atoms with Crippen LogP contribution in [0.15, 0.2) is 99.9 Å². The molecule has 0 radical (unpaired) electrons. The first-order chi connectivity index (χ1) is 15.1. The maximum absolute atomic E-state index is 13.3. The maximum Gasteiger partial charge on any atom is 0.230 e. The third kappa shape index (κ3) is 3.63. The van der Waals surface area contributed by atoms with Crippen LogP contribution in [0.4, 0.5) is 5.69 Å². The highest BCUT2D eigenvalue weighted by Gasteiger charge is 2.24. The molecule has 0 aliphatic heterocycles. The molecular formula is C26H19BrN2O2. The Hall–Kier alpha value is -3.41. The summed E-state index contributed by atoms with van der Waals surface area (Å²) in [6.07, 6.45) is -0.524. The molecule has 3 N–H and O–H groups in total. The number of carbonyl (C=O) groups excluding carboxylic acids is 1. The lowest BCUT2D eigenvalue weighted by Gasteiger charge is -2.18. The highest BCUT2D eigenvalue weighted by Crippen LogP contribution is 2.35. The van der Waals surface area contributed by atoms with Crippen molar-refractivity contribution in [1.29, 1.82) is 0 Å². The van der Waals surface area contributed by atoms with Crippen molar-refractivity contribution >= 4 is 49.1 Å². The first-order valence-electron chi connectivity index (χ1n) is 9.93. The summed E-state index contributed by atoms with van der Waals surface area (Å²) in [5.74, 6) is 0.0514. The Bertz CT molecular complexity index is 1400. The number of benzene rings is 4. The number of nitrogens with two attached hydrogens (primary N) is 1. The van der Waals surface area contributed by atoms with Crippen LogP contribution in [0.5, 0.6) is 0 Å². The van der Waals surface area contributed by atoms with Crippen molar-refractivity contribution in [3.8, 4) is 0 Å². The molecule has 0 spiro atoms. The summed E-state index contributed by atoms with van der Waals surface area (Å²) >= 11 is 3.41. The normalized spacial score (nSPS) is 12.2. The monoisotopic (exact) mass is 470 g/mol. The Morgan fingerprint density at radius 1 is 0.839 bits per heavy atom. The lowest BCUT2D eigenvalue weighted by Crippen LogP contribution is -2.21. The highest BCUT2D eigenvalue weighted by atomic mass is 79.9. The molecule has 5 heteroatoms. The Kier molecular flexibility index (Phi) is 5.06. The van der Waals surface area contributed by atoms with Crippen LogP contribution in [0.2, 0.25) is 0 Å². The molecular weight excluding hydrogens is 452 g/mol. The Balaban J connectivity index is 1.59. The molecule has 1 heterocycles. The number of rotatable bonds is 5. The maximum atomic E-state index is 13.3. The van der Waals surface area contributed by atoms with Crippen molar-refractivity contribution in [1.82, 2.24) is 0 Å². The van der Waals surface area contributed by atoms with Gasteiger partial charge < -0.3 is 15.5 Å². The van der Waals surface area contributed by atoms with Gasteiger partial charge in [-0.25, -0.2) is 0 Å². The van der Waals surface area contributed by atoms with Crippen LogP contribution in [-0.4, -0.2) is 5.78 Å². The van der Waals surface area contributed by atoms with Gasteiger partial charge in [0.1, 0.15) is 11.7 Å². The minimum Gasteiger partial charge on any atom is -0.450 e. The van der Waals surface area contributed by atoms with E-state index in [0.29, 0.717) is 16.8 Å². The number of ketones is 1. The molecule has 4 aromatic carbocycles. The second kappa shape index (κ2) is 8.02. The molecule has 5 rings (SSSR count). The third-order valence-electron chi connectivity index (χ3n) is 5.37. The van der Waals surface area contributed by atoms with Crippen LogP contribution in [0.25, 0.3) is 21.7 Å². The molecule has 1 aromatic heterocycles. The van der Waals surface area contributed by atoms with Gasteiger partial charge in [-0.05, 0) is 52.7 Å². The summed E-state index contributed by atoms with van der Waals surface area (Å²) in [5, 5.41) is 6.36. The van der Waals surface area contributed by atoms with Crippen molar-refractivity contribution in [3.05, 3.63) is 112 Å². The standard InChI is InChI=1S/C26H19BrN2O2/c27-18-14-12-17(13-15-18)24(30)25-23(21-9-3-4-11-22(21)31-25)29-26(28)20-10-5-7-16-6-1-2-8-19(16)20/h1-15,26,29H,28H2. The van der Waals surface area contributed by atoms with Gasteiger partial charge in [-0.2, -0.15) is 0 Å². The molecule has 1 atom stereocenters. The van der Waals surface area contributed by atoms with E-state index in [2.05, 4.69) is 33.4 Å². The van der Waals surface area contributed by atoms with Crippen LogP contribution in [0, 0.1) is 0 Å². The Morgan fingerprint density at radius 2 is 1.52 bits per heavy atom. The van der Waals surface area contributed by atoms with Gasteiger partial charge in [-0.3, -0.25) is 4.79 Å². The number of carbonyl (C=O) groups is 1. The largest absolute Gasteiger partial charge is 0.450 e. The number of anilines is 1. The molecule has 0 aliphatic rings. The summed E-state index contributed by atoms with van der Waals surface area (Å²) in [7, 11) is 0. The van der Waals surface area contributed by atoms with Gasteiger partial charge in [0.25, 0.3) is 0 Å². The molecule has 0 fully saturated rings. The van der Waals surface area contributed by atoms with Crippen LogP contribution in [0.3, 0.4) is 0 Å². The molecule has 0 saturated heterocycles. The Morgan fingerprint density at radius 3 is 2.32 bits per heavy atom. The predicted octanol–water partition coefficient (Wildman–Crippen LogP) is 6.65. The van der Waals surface area contributed by atoms with E-state index in [-0.39, 0.29) is 11.5 Å². The van der Waals surface area contributed by atoms with Crippen LogP contribution in [-0.2, 0) is 0 Å². The first-order valence-corrected chi connectivity index (χ1v) is 10.7. The molecule has 152 valence electrons. The van der Waals surface area contributed by atoms with Gasteiger partial charge in [0.2, 0.25) is 5.78 Å². The average molecular weight is 471 g/mol. The number of hydrogen-bond donors (Lipinski definition) is 2. The summed E-state index contributed by atoms with van der Waals surface area (Å²) in [6, 6.07) is 28.9. The second-order valence-electron chi connectivity index (χ2n) is 7.33. The zero-order valence-corrected chi connectivity index (χ0v) is 18.1. The fraction of sp³-hybridized carbons (Fsp3) is 0.0385. The number of nitrogens with one attached hydrogen (secondary N) is 1. The topological polar surface area (TPSA) is 68.3 Å². The minimum absolute atomic E-state index is 0.198. The molecule has 5 aromatic rings. The van der Waals surface area contributed by atoms with Gasteiger partial charge >= 0.3 is 0 Å². The molecule has 0 bridgehead atoms. The number of para-hydroxylation sites is 1. The van der Waals surface area contributed by atoms with Gasteiger partial charge in [0.05, 0.1) is 5.69 Å². The van der Waals surface area contributed by atoms with Crippen molar-refractivity contribution in [2.24, 2.45) is 5.73 Å². The van der Waals surface area contributed by atoms with E-state index in [0.717, 1.165) is 26.2 Å². The highest BCUT2D eigenvalue weighted by molar-refractivity contribution is 9.10. The van der Waals surface area contributed by atoms with Gasteiger partial charge in [0.15, 0.2) is 5.76 Å². The van der Waals surface area contributed by atoms with E-state index in [1.807, 2.05) is 66.7 Å². The van der Waals surface area contributed by atoms with E-state index in [1.54, 1.807) is 12.1 Å². The lowest BCUT2D eigenvalue weighted by atomic mass is 10.0. The van der Waals surface area contributed by atoms with Crippen molar-refractivity contribution in [2.75, 3.05) is 5.32 Å². The fourth-order valence-corrected chi connectivity index (χ4v) is 4.10. The fourth-order valence-electron chi connectivity index (χ4n) is 3.84. The molecule has 0 aliphatic carbocycles. The number of fused-ring (bicyclic) bond motifs is 2. The number of hydrogen-bond acceptors (Lipinski definition) is 4. The van der Waals surface area contributed by atoms with Gasteiger partial charge in [-0.1, -0.05) is 70.5 Å². The van der Waals surface area contributed by atoms with Crippen molar-refractivity contribution in [2.45, 2.75) is 6.17 Å². The molecule has 0 saturated carbocycles. The molecule has 0 amide bonds. The summed E-state index contributed by atoms with van der Waals surface area (Å²) in [4.78, 5) is 13.3. The quantitative estimate of drug-likeness (QED) is 0.223. The predicted molar refractivity (Wildman–Crippen MR) is 128 cm³/mol. The van der Waals surface area contributed by atoms with Crippen molar-refractivity contribution in [3.63, 3.8) is 0 Å². The van der Waals surface area contributed by atoms with E-state index in [9.17, 15) is 4.79 Å².